The molecular formula is C23H20ClN5O5S2. The van der Waals surface area contributed by atoms with Gasteiger partial charge in [-0.3, -0.25) is 4.79 Å². The lowest BCUT2D eigenvalue weighted by Crippen LogP contribution is -2.34. The lowest BCUT2D eigenvalue weighted by atomic mass is 10.2. The van der Waals surface area contributed by atoms with Crippen LogP contribution in [-0.2, 0) is 10.0 Å². The number of fused-ring (bicyclic) bond motifs is 1. The quantitative estimate of drug-likeness (QED) is 0.279. The Hall–Kier alpha value is -3.61. The molecule has 0 unspecified atom stereocenters. The molecule has 1 aliphatic rings. The van der Waals surface area contributed by atoms with E-state index in [0.717, 1.165) is 28.1 Å². The zero-order valence-electron chi connectivity index (χ0n) is 18.6. The van der Waals surface area contributed by atoms with Crippen LogP contribution in [0, 0.1) is 5.92 Å². The first-order chi connectivity index (χ1) is 17.2. The Morgan fingerprint density at radius 3 is 2.44 bits per heavy atom. The van der Waals surface area contributed by atoms with Crippen LogP contribution in [0.2, 0.25) is 4.34 Å². The molecule has 0 aliphatic heterocycles. The number of thiophene rings is 1. The van der Waals surface area contributed by atoms with Crippen molar-refractivity contribution in [2.75, 3.05) is 17.2 Å². The number of sulfonamides is 1. The summed E-state index contributed by atoms with van der Waals surface area (Å²) in [5.74, 6) is 0.681. The predicted octanol–water partition coefficient (Wildman–Crippen LogP) is 3.73. The highest BCUT2D eigenvalue weighted by molar-refractivity contribution is 7.92. The third kappa shape index (κ3) is 5.15. The molecule has 1 aliphatic carbocycles. The minimum absolute atomic E-state index is 0.0984. The van der Waals surface area contributed by atoms with E-state index in [1.54, 1.807) is 18.2 Å². The molecule has 2 aromatic heterocycles. The Bertz CT molecular complexity index is 1690. The number of H-pyrrole nitrogens is 1. The summed E-state index contributed by atoms with van der Waals surface area (Å²) in [6.45, 7) is 0.861. The monoisotopic (exact) mass is 545 g/mol. The molecule has 0 saturated heterocycles. The first kappa shape index (κ1) is 24.1. The van der Waals surface area contributed by atoms with Crippen LogP contribution in [0.3, 0.4) is 0 Å². The molecule has 2 heterocycles. The predicted molar refractivity (Wildman–Crippen MR) is 140 cm³/mol. The van der Waals surface area contributed by atoms with Crippen molar-refractivity contribution in [1.82, 2.24) is 14.3 Å². The molecule has 1 saturated carbocycles. The Kier molecular flexibility index (Phi) is 6.33. The molecule has 13 heteroatoms. The van der Waals surface area contributed by atoms with Crippen molar-refractivity contribution < 1.29 is 13.2 Å². The zero-order valence-corrected chi connectivity index (χ0v) is 21.0. The maximum Gasteiger partial charge on any atom is 0.333 e. The molecule has 0 atom stereocenters. The van der Waals surface area contributed by atoms with E-state index in [-0.39, 0.29) is 19.9 Å². The highest BCUT2D eigenvalue weighted by Crippen LogP contribution is 2.29. The maximum absolute atomic E-state index is 13.1. The van der Waals surface area contributed by atoms with Crippen LogP contribution >= 0.6 is 22.9 Å². The van der Waals surface area contributed by atoms with Crippen molar-refractivity contribution in [3.63, 3.8) is 0 Å². The number of aromatic nitrogens is 2. The summed E-state index contributed by atoms with van der Waals surface area (Å²) < 4.78 is 27.6. The van der Waals surface area contributed by atoms with Crippen molar-refractivity contribution in [2.24, 2.45) is 5.92 Å². The summed E-state index contributed by atoms with van der Waals surface area (Å²) in [4.78, 5) is 40.7. The minimum atomic E-state index is -4.07. The van der Waals surface area contributed by atoms with Gasteiger partial charge in [-0.2, -0.15) is 0 Å². The van der Waals surface area contributed by atoms with Gasteiger partial charge in [0.05, 0.1) is 20.9 Å². The van der Waals surface area contributed by atoms with E-state index < -0.39 is 27.3 Å². The summed E-state index contributed by atoms with van der Waals surface area (Å²) in [5.41, 5.74) is 0.719. The van der Waals surface area contributed by atoms with Gasteiger partial charge in [-0.1, -0.05) is 11.6 Å². The first-order valence-electron chi connectivity index (χ1n) is 10.9. The van der Waals surface area contributed by atoms with Gasteiger partial charge in [0.25, 0.3) is 15.6 Å². The summed E-state index contributed by atoms with van der Waals surface area (Å²) in [6.07, 6.45) is 2.43. The van der Waals surface area contributed by atoms with E-state index in [1.165, 1.54) is 49.2 Å². The highest BCUT2D eigenvalue weighted by Gasteiger charge is 2.21. The summed E-state index contributed by atoms with van der Waals surface area (Å²) in [7, 11) is -4.07. The number of anilines is 2. The maximum atomic E-state index is 13.1. The molecular weight excluding hydrogens is 526 g/mol. The molecule has 2 amide bonds. The molecule has 4 aromatic rings. The Labute approximate surface area is 214 Å². The normalized spacial score (nSPS) is 13.5. The number of urea groups is 1. The van der Waals surface area contributed by atoms with Crippen LogP contribution < -0.4 is 26.6 Å². The average Bonchev–Trinajstić information content (AvgIpc) is 3.55. The van der Waals surface area contributed by atoms with E-state index in [9.17, 15) is 22.8 Å². The van der Waals surface area contributed by atoms with Crippen LogP contribution in [0.15, 0.2) is 68.4 Å². The minimum Gasteiger partial charge on any atom is -0.385 e. The largest absolute Gasteiger partial charge is 0.385 e. The van der Waals surface area contributed by atoms with Crippen LogP contribution in [0.25, 0.3) is 16.6 Å². The van der Waals surface area contributed by atoms with E-state index in [4.69, 9.17) is 11.6 Å². The molecule has 0 bridgehead atoms. The highest BCUT2D eigenvalue weighted by atomic mass is 35.5. The summed E-state index contributed by atoms with van der Waals surface area (Å²) >= 11 is 6.58. The first-order valence-corrected chi connectivity index (χ1v) is 13.6. The van der Waals surface area contributed by atoms with E-state index in [0.29, 0.717) is 16.8 Å². The second-order valence-corrected chi connectivity index (χ2v) is 11.9. The number of nitrogens with zero attached hydrogens (tertiary/aromatic N) is 1. The number of halogens is 1. The van der Waals surface area contributed by atoms with Crippen molar-refractivity contribution in [3.8, 4) is 5.69 Å². The number of nitrogens with one attached hydrogen (secondary N) is 4. The third-order valence-electron chi connectivity index (χ3n) is 5.61. The Balaban J connectivity index is 1.33. The van der Waals surface area contributed by atoms with Crippen LogP contribution in [0.4, 0.5) is 16.2 Å². The fraction of sp³-hybridized carbons (Fsp3) is 0.174. The second-order valence-electron chi connectivity index (χ2n) is 8.32. The van der Waals surface area contributed by atoms with E-state index >= 15 is 0 Å². The van der Waals surface area contributed by atoms with Gasteiger partial charge in [0.1, 0.15) is 4.21 Å². The molecule has 2 aromatic carbocycles. The number of carbonyl (C=O) groups is 1. The number of carbonyl (C=O) groups excluding carboxylic acids is 1. The van der Waals surface area contributed by atoms with Crippen molar-refractivity contribution in [2.45, 2.75) is 17.1 Å². The molecule has 4 N–H and O–H groups in total. The van der Waals surface area contributed by atoms with Gasteiger partial charge in [0, 0.05) is 17.9 Å². The van der Waals surface area contributed by atoms with Crippen molar-refractivity contribution >= 4 is 61.3 Å². The molecule has 0 spiro atoms. The smallest absolute Gasteiger partial charge is 0.333 e. The van der Waals surface area contributed by atoms with Crippen molar-refractivity contribution in [3.05, 3.63) is 79.8 Å². The molecule has 186 valence electrons. The summed E-state index contributed by atoms with van der Waals surface area (Å²) in [5, 5.41) is 6.08. The van der Waals surface area contributed by atoms with Gasteiger partial charge >= 0.3 is 11.7 Å². The Morgan fingerprint density at radius 2 is 1.78 bits per heavy atom. The van der Waals surface area contributed by atoms with Crippen molar-refractivity contribution in [1.29, 1.82) is 0 Å². The lowest BCUT2D eigenvalue weighted by molar-refractivity contribution is 0.256. The van der Waals surface area contributed by atoms with E-state index in [1.807, 2.05) is 4.72 Å². The lowest BCUT2D eigenvalue weighted by Gasteiger charge is -2.10. The number of benzene rings is 2. The standard InChI is InChI=1S/C23H20ClN5O5S2/c24-19-9-10-20(35-19)36(33,34)28-22(31)26-14-3-6-16(7-4-14)29-21(30)17-8-5-15(25-12-13-1-2-13)11-18(17)27-23(29)32/h3-11,13,25H,1-2,12H2,(H,27,32)(H2,26,28,31). The SMILES string of the molecule is O=C(Nc1ccc(-n2c(=O)[nH]c3cc(NCC4CC4)ccc3c2=O)cc1)NS(=O)(=O)c1ccc(Cl)s1. The number of hydrogen-bond acceptors (Lipinski definition) is 7. The van der Waals surface area contributed by atoms with Gasteiger partial charge in [0.2, 0.25) is 0 Å². The molecule has 5 rings (SSSR count). The number of amides is 2. The molecule has 36 heavy (non-hydrogen) atoms. The number of rotatable bonds is 7. The number of hydrogen-bond donors (Lipinski definition) is 4. The summed E-state index contributed by atoms with van der Waals surface area (Å²) in [6, 6.07) is 12.8. The molecule has 0 radical (unpaired) electrons. The van der Waals surface area contributed by atoms with Gasteiger partial charge in [-0.25, -0.2) is 27.3 Å². The van der Waals surface area contributed by atoms with E-state index in [2.05, 4.69) is 15.6 Å². The molecule has 10 nitrogen and oxygen atoms in total. The van der Waals surface area contributed by atoms with Gasteiger partial charge in [-0.15, -0.1) is 11.3 Å². The van der Waals surface area contributed by atoms with Gasteiger partial charge < -0.3 is 15.6 Å². The van der Waals surface area contributed by atoms with Crippen LogP contribution in [0.1, 0.15) is 12.8 Å². The fourth-order valence-corrected chi connectivity index (χ4v) is 6.00. The third-order valence-corrected chi connectivity index (χ3v) is 8.67. The average molecular weight is 546 g/mol. The number of aromatic amines is 1. The van der Waals surface area contributed by atoms with Crippen LogP contribution in [0.5, 0.6) is 0 Å². The van der Waals surface area contributed by atoms with Crippen LogP contribution in [-0.4, -0.2) is 30.5 Å². The molecule has 1 fully saturated rings. The van der Waals surface area contributed by atoms with Gasteiger partial charge in [-0.05, 0) is 73.4 Å². The Morgan fingerprint density at radius 1 is 1.06 bits per heavy atom. The topological polar surface area (TPSA) is 142 Å². The van der Waals surface area contributed by atoms with Gasteiger partial charge in [0.15, 0.2) is 0 Å². The second kappa shape index (κ2) is 9.45. The fourth-order valence-electron chi connectivity index (χ4n) is 3.61. The zero-order chi connectivity index (χ0) is 25.4.